The topological polar surface area (TPSA) is 68.3 Å². The quantitative estimate of drug-likeness (QED) is 0.264. The molecule has 0 amide bonds. The van der Waals surface area contributed by atoms with Crippen LogP contribution in [0.25, 0.3) is 0 Å². The Hall–Kier alpha value is -1.32. The van der Waals surface area contributed by atoms with Gasteiger partial charge in [-0.2, -0.15) is 0 Å². The molecule has 4 heteroatoms. The molecule has 14 fully saturated rings. The third-order valence-corrected chi connectivity index (χ3v) is 25.0. The molecule has 0 N–H and O–H groups in total. The van der Waals surface area contributed by atoms with Crippen LogP contribution >= 0.6 is 0 Å². The molecule has 0 spiro atoms. The first-order valence-electron chi connectivity index (χ1n) is 27.6. The predicted molar refractivity (Wildman–Crippen MR) is 231 cm³/mol. The molecule has 26 atom stereocenters. The third-order valence-electron chi connectivity index (χ3n) is 25.0. The highest BCUT2D eigenvalue weighted by Crippen LogP contribution is 2.68. The zero-order valence-electron chi connectivity index (χ0n) is 37.0. The lowest BCUT2D eigenvalue weighted by atomic mass is 9.50. The lowest BCUT2D eigenvalue weighted by molar-refractivity contribution is -0.129. The van der Waals surface area contributed by atoms with Crippen LogP contribution in [0, 0.1) is 154 Å². The highest BCUT2D eigenvalue weighted by molar-refractivity contribution is 5.88. The van der Waals surface area contributed by atoms with E-state index in [1.807, 2.05) is 0 Å². The Morgan fingerprint density at radius 3 is 1.20 bits per heavy atom. The summed E-state index contributed by atoms with van der Waals surface area (Å²) < 4.78 is 0. The third kappa shape index (κ3) is 5.27. The van der Waals surface area contributed by atoms with E-state index in [-0.39, 0.29) is 0 Å². The summed E-state index contributed by atoms with van der Waals surface area (Å²) in [4.78, 5) is 56.9. The van der Waals surface area contributed by atoms with E-state index in [4.69, 9.17) is 0 Å². The predicted octanol–water partition coefficient (Wildman–Crippen LogP) is 11.6. The van der Waals surface area contributed by atoms with Crippen molar-refractivity contribution in [2.45, 2.75) is 167 Å². The van der Waals surface area contributed by atoms with Crippen molar-refractivity contribution in [2.24, 2.45) is 154 Å². The fourth-order valence-electron chi connectivity index (χ4n) is 23.4. The number of carbonyl (C=O) groups excluding carboxylic acids is 4. The highest BCUT2D eigenvalue weighted by atomic mass is 16.1. The lowest BCUT2D eigenvalue weighted by Gasteiger charge is -2.55. The van der Waals surface area contributed by atoms with E-state index in [2.05, 4.69) is 0 Å². The van der Waals surface area contributed by atoms with Crippen LogP contribution in [0.3, 0.4) is 0 Å². The number of hydrogen-bond donors (Lipinski definition) is 0. The number of hydrogen-bond acceptors (Lipinski definition) is 4. The van der Waals surface area contributed by atoms with Gasteiger partial charge in [0, 0.05) is 47.3 Å². The van der Waals surface area contributed by atoms with Crippen LogP contribution in [-0.2, 0) is 19.2 Å². The largest absolute Gasteiger partial charge is 0.299 e. The molecule has 0 aliphatic heterocycles. The second kappa shape index (κ2) is 14.1. The van der Waals surface area contributed by atoms with Crippen LogP contribution in [-0.4, -0.2) is 23.1 Å². The van der Waals surface area contributed by atoms with Gasteiger partial charge in [-0.15, -0.1) is 0 Å². The first-order chi connectivity index (χ1) is 29.4. The Morgan fingerprint density at radius 1 is 0.217 bits per heavy atom. The molecule has 14 aliphatic rings. The van der Waals surface area contributed by atoms with Crippen LogP contribution in [0.15, 0.2) is 0 Å². The van der Waals surface area contributed by atoms with E-state index in [0.29, 0.717) is 130 Å². The molecule has 0 radical (unpaired) electrons. The van der Waals surface area contributed by atoms with E-state index in [0.717, 1.165) is 60.2 Å². The van der Waals surface area contributed by atoms with Crippen molar-refractivity contribution >= 4 is 23.1 Å². The van der Waals surface area contributed by atoms with Gasteiger partial charge in [-0.3, -0.25) is 19.2 Å². The van der Waals surface area contributed by atoms with Crippen molar-refractivity contribution in [2.75, 3.05) is 0 Å². The van der Waals surface area contributed by atoms with Crippen molar-refractivity contribution < 1.29 is 19.2 Å². The van der Waals surface area contributed by atoms with Gasteiger partial charge in [-0.25, -0.2) is 0 Å². The molecule has 14 aliphatic carbocycles. The van der Waals surface area contributed by atoms with Crippen LogP contribution in [0.4, 0.5) is 0 Å². The minimum Gasteiger partial charge on any atom is -0.299 e. The first-order valence-corrected chi connectivity index (χ1v) is 27.6. The Morgan fingerprint density at radius 2 is 0.583 bits per heavy atom. The number of carbonyl (C=O) groups is 4. The van der Waals surface area contributed by atoms with Gasteiger partial charge in [0.25, 0.3) is 0 Å². The van der Waals surface area contributed by atoms with E-state index < -0.39 is 0 Å². The van der Waals surface area contributed by atoms with E-state index >= 15 is 0 Å². The van der Waals surface area contributed by atoms with E-state index in [1.54, 1.807) is 0 Å². The summed E-state index contributed by atoms with van der Waals surface area (Å²) in [6.07, 6.45) is 33.1. The van der Waals surface area contributed by atoms with Gasteiger partial charge in [0.05, 0.1) is 0 Å². The second-order valence-electron chi connectivity index (χ2n) is 26.1. The average molecular weight is 815 g/mol. The maximum Gasteiger partial charge on any atom is 0.139 e. The van der Waals surface area contributed by atoms with Gasteiger partial charge in [0.1, 0.15) is 23.1 Å². The summed E-state index contributed by atoms with van der Waals surface area (Å²) in [6.45, 7) is 0. The minimum absolute atomic E-state index is 0.297. The van der Waals surface area contributed by atoms with Crippen LogP contribution in [0.2, 0.25) is 0 Å². The highest BCUT2D eigenvalue weighted by Gasteiger charge is 2.65. The van der Waals surface area contributed by atoms with Gasteiger partial charge in [-0.05, 0) is 241 Å². The maximum absolute atomic E-state index is 14.8. The molecule has 326 valence electrons. The summed E-state index contributed by atoms with van der Waals surface area (Å²) in [5.74, 6) is 18.3. The molecule has 0 heterocycles. The zero-order valence-corrected chi connectivity index (χ0v) is 37.0. The Bertz CT molecular complexity index is 1800. The molecule has 0 saturated heterocycles. The SMILES string of the molecule is O=C1C2CCCCC2C2C1CCC1CC3CC4C(CC3CC12)C(=O)C1CCCC(C2CCC3C(C2)C(=O)C2CCC5CC6CCC7C(=O)C8CCCCC8C7C6CC5C23)C14. The van der Waals surface area contributed by atoms with Crippen molar-refractivity contribution in [3.63, 3.8) is 0 Å². The molecule has 0 aromatic heterocycles. The van der Waals surface area contributed by atoms with Crippen molar-refractivity contribution in [1.29, 1.82) is 0 Å². The Labute approximate surface area is 361 Å². The summed E-state index contributed by atoms with van der Waals surface area (Å²) in [7, 11) is 0. The lowest BCUT2D eigenvalue weighted by Crippen LogP contribution is -2.48. The average Bonchev–Trinajstić information content (AvgIpc) is 3.95. The van der Waals surface area contributed by atoms with Gasteiger partial charge in [0.2, 0.25) is 0 Å². The molecule has 0 aromatic carbocycles. The Kier molecular flexibility index (Phi) is 8.92. The van der Waals surface area contributed by atoms with Gasteiger partial charge < -0.3 is 0 Å². The van der Waals surface area contributed by atoms with Gasteiger partial charge in [-0.1, -0.05) is 32.1 Å². The smallest absolute Gasteiger partial charge is 0.139 e. The van der Waals surface area contributed by atoms with Gasteiger partial charge >= 0.3 is 0 Å². The van der Waals surface area contributed by atoms with E-state index in [1.165, 1.54) is 154 Å². The van der Waals surface area contributed by atoms with Crippen molar-refractivity contribution in [3.05, 3.63) is 0 Å². The molecule has 0 bridgehead atoms. The standard InChI is InChI=1S/C56H78O4/c57-53-37-8-3-1-6-34(37)50-40(53)18-15-29-21-31-24-46-48(25-32(31)23-43(29)50)55(59)39-11-5-10-33(49(39)46)30-12-16-36-47(22-30)56(60)42-19-14-28-20-27-13-17-41-51(44(27)26-45(28)52(36)42)35-7-2-4-9-38(35)54(41)58/h27-52H,1-26H2. The second-order valence-corrected chi connectivity index (χ2v) is 26.1. The van der Waals surface area contributed by atoms with Crippen molar-refractivity contribution in [3.8, 4) is 0 Å². The normalized spacial score (nSPS) is 59.7. The van der Waals surface area contributed by atoms with Crippen LogP contribution in [0.1, 0.15) is 167 Å². The number of fused-ring (bicyclic) bond motifs is 19. The fourth-order valence-corrected chi connectivity index (χ4v) is 23.4. The van der Waals surface area contributed by atoms with Crippen molar-refractivity contribution in [1.82, 2.24) is 0 Å². The zero-order chi connectivity index (χ0) is 39.7. The summed E-state index contributed by atoms with van der Waals surface area (Å²) in [6, 6.07) is 0. The summed E-state index contributed by atoms with van der Waals surface area (Å²) in [5.41, 5.74) is 0. The molecule has 14 rings (SSSR count). The molecule has 14 saturated carbocycles. The molecule has 4 nitrogen and oxygen atoms in total. The van der Waals surface area contributed by atoms with Crippen LogP contribution in [0.5, 0.6) is 0 Å². The Balaban J connectivity index is 0.685. The molecule has 26 unspecified atom stereocenters. The maximum atomic E-state index is 14.8. The minimum atomic E-state index is 0.297. The molecular weight excluding hydrogens is 737 g/mol. The number of rotatable bonds is 1. The molecule has 60 heavy (non-hydrogen) atoms. The number of ketones is 4. The fraction of sp³-hybridized carbons (Fsp3) is 0.929. The summed E-state index contributed by atoms with van der Waals surface area (Å²) >= 11 is 0. The first kappa shape index (κ1) is 38.0. The summed E-state index contributed by atoms with van der Waals surface area (Å²) in [5, 5.41) is 0. The van der Waals surface area contributed by atoms with E-state index in [9.17, 15) is 19.2 Å². The molecule has 0 aromatic rings. The number of Topliss-reactive ketones (excluding diaryl/α,β-unsaturated/α-hetero) is 4. The van der Waals surface area contributed by atoms with Gasteiger partial charge in [0.15, 0.2) is 0 Å². The monoisotopic (exact) mass is 815 g/mol. The van der Waals surface area contributed by atoms with Crippen LogP contribution < -0.4 is 0 Å². The molecular formula is C56H78O4.